The zero-order chi connectivity index (χ0) is 25.1. The average molecular weight is 489 g/mol. The predicted molar refractivity (Wildman–Crippen MR) is 141 cm³/mol. The smallest absolute Gasteiger partial charge is 0.308 e. The van der Waals surface area contributed by atoms with Crippen LogP contribution in [0.1, 0.15) is 72.5 Å². The van der Waals surface area contributed by atoms with Crippen molar-refractivity contribution in [2.24, 2.45) is 5.92 Å². The van der Waals surface area contributed by atoms with Crippen molar-refractivity contribution in [3.63, 3.8) is 0 Å². The maximum absolute atomic E-state index is 13.2. The number of nitrogens with one attached hydrogen (secondary N) is 1. The van der Waals surface area contributed by atoms with Crippen LogP contribution in [0.15, 0.2) is 42.5 Å². The Balaban J connectivity index is 1.46. The fraction of sp³-hybridized carbons (Fsp3) is 0.483. The molecule has 7 nitrogen and oxygen atoms in total. The van der Waals surface area contributed by atoms with Crippen molar-refractivity contribution >= 4 is 28.9 Å². The predicted octanol–water partition coefficient (Wildman–Crippen LogP) is 5.49. The number of esters is 1. The van der Waals surface area contributed by atoms with E-state index < -0.39 is 0 Å². The van der Waals surface area contributed by atoms with Crippen molar-refractivity contribution in [3.8, 4) is 0 Å². The molecule has 0 spiro atoms. The topological polar surface area (TPSA) is 76.5 Å². The van der Waals surface area contributed by atoms with Crippen molar-refractivity contribution in [2.75, 3.05) is 25.5 Å². The van der Waals surface area contributed by atoms with E-state index in [0.717, 1.165) is 61.9 Å². The van der Waals surface area contributed by atoms with E-state index in [2.05, 4.69) is 33.0 Å². The monoisotopic (exact) mass is 488 g/mol. The quantitative estimate of drug-likeness (QED) is 0.465. The van der Waals surface area contributed by atoms with Gasteiger partial charge in [-0.25, -0.2) is 4.98 Å². The highest BCUT2D eigenvalue weighted by Gasteiger charge is 2.30. The summed E-state index contributed by atoms with van der Waals surface area (Å²) in [5.41, 5.74) is 4.86. The minimum Gasteiger partial charge on any atom is -0.469 e. The number of aromatic nitrogens is 2. The number of carbonyl (C=O) groups excluding carboxylic acids is 2. The average Bonchev–Trinajstić information content (AvgIpc) is 3.26. The molecule has 1 N–H and O–H groups in total. The number of rotatable bonds is 6. The van der Waals surface area contributed by atoms with Gasteiger partial charge in [-0.05, 0) is 88.4 Å². The van der Waals surface area contributed by atoms with Gasteiger partial charge in [-0.1, -0.05) is 30.2 Å². The number of imidazole rings is 1. The summed E-state index contributed by atoms with van der Waals surface area (Å²) in [6.07, 6.45) is 7.08. The van der Waals surface area contributed by atoms with Crippen LogP contribution in [0.3, 0.4) is 0 Å². The normalized spacial score (nSPS) is 20.8. The molecule has 190 valence electrons. The van der Waals surface area contributed by atoms with E-state index >= 15 is 0 Å². The van der Waals surface area contributed by atoms with Crippen LogP contribution >= 0.6 is 0 Å². The number of hydrogen-bond acceptors (Lipinski definition) is 5. The van der Waals surface area contributed by atoms with Gasteiger partial charge in [0.25, 0.3) is 5.91 Å². The highest BCUT2D eigenvalue weighted by atomic mass is 16.5. The molecule has 1 aliphatic carbocycles. The summed E-state index contributed by atoms with van der Waals surface area (Å²) >= 11 is 0. The van der Waals surface area contributed by atoms with Crippen LogP contribution in [0.25, 0.3) is 11.0 Å². The first kappa shape index (κ1) is 24.5. The second kappa shape index (κ2) is 10.8. The van der Waals surface area contributed by atoms with Gasteiger partial charge in [-0.2, -0.15) is 0 Å². The highest BCUT2D eigenvalue weighted by molar-refractivity contribution is 6.04. The lowest BCUT2D eigenvalue weighted by Gasteiger charge is -2.29. The minimum atomic E-state index is -0.160. The van der Waals surface area contributed by atoms with Gasteiger partial charge in [-0.3, -0.25) is 19.8 Å². The van der Waals surface area contributed by atoms with Gasteiger partial charge < -0.3 is 9.30 Å². The molecule has 2 heterocycles. The zero-order valence-corrected chi connectivity index (χ0v) is 21.3. The van der Waals surface area contributed by atoms with Crippen LogP contribution in [0.4, 0.5) is 5.95 Å². The number of methoxy groups -OCH3 is 1. The molecule has 1 saturated carbocycles. The lowest BCUT2D eigenvalue weighted by molar-refractivity contribution is -0.146. The van der Waals surface area contributed by atoms with Gasteiger partial charge in [0.05, 0.1) is 24.1 Å². The molecule has 2 aromatic carbocycles. The summed E-state index contributed by atoms with van der Waals surface area (Å²) in [5, 5.41) is 3.10. The Morgan fingerprint density at radius 2 is 1.81 bits per heavy atom. The first-order chi connectivity index (χ1) is 17.5. The molecule has 0 unspecified atom stereocenters. The number of piperidine rings is 1. The molecule has 36 heavy (non-hydrogen) atoms. The van der Waals surface area contributed by atoms with Crippen LogP contribution in [-0.2, 0) is 16.1 Å². The number of amides is 1. The fourth-order valence-corrected chi connectivity index (χ4v) is 5.77. The molecular weight excluding hydrogens is 452 g/mol. The Morgan fingerprint density at radius 1 is 1.03 bits per heavy atom. The summed E-state index contributed by atoms with van der Waals surface area (Å²) in [7, 11) is 1.46. The van der Waals surface area contributed by atoms with E-state index in [9.17, 15) is 9.59 Å². The van der Waals surface area contributed by atoms with E-state index in [1.807, 2.05) is 31.2 Å². The van der Waals surface area contributed by atoms with Crippen LogP contribution in [0, 0.1) is 12.8 Å². The third kappa shape index (κ3) is 5.31. The molecule has 1 saturated heterocycles. The number of benzene rings is 2. The largest absolute Gasteiger partial charge is 0.469 e. The molecule has 3 aromatic rings. The van der Waals surface area contributed by atoms with Crippen LogP contribution in [-0.4, -0.2) is 46.5 Å². The molecule has 0 atom stereocenters. The van der Waals surface area contributed by atoms with E-state index in [-0.39, 0.29) is 23.8 Å². The Morgan fingerprint density at radius 3 is 2.53 bits per heavy atom. The second-order valence-corrected chi connectivity index (χ2v) is 10.3. The summed E-state index contributed by atoms with van der Waals surface area (Å²) in [6.45, 7) is 5.20. The van der Waals surface area contributed by atoms with E-state index in [0.29, 0.717) is 11.5 Å². The summed E-state index contributed by atoms with van der Waals surface area (Å²) < 4.78 is 7.19. The third-order valence-electron chi connectivity index (χ3n) is 7.71. The number of fused-ring (bicyclic) bond motifs is 1. The molecule has 5 rings (SSSR count). The third-order valence-corrected chi connectivity index (χ3v) is 7.71. The van der Waals surface area contributed by atoms with Gasteiger partial charge >= 0.3 is 5.97 Å². The van der Waals surface area contributed by atoms with Crippen molar-refractivity contribution in [3.05, 3.63) is 59.2 Å². The minimum absolute atomic E-state index is 0.0546. The summed E-state index contributed by atoms with van der Waals surface area (Å²) in [4.78, 5) is 32.6. The molecule has 1 amide bonds. The van der Waals surface area contributed by atoms with E-state index in [4.69, 9.17) is 9.72 Å². The van der Waals surface area contributed by atoms with Crippen molar-refractivity contribution in [1.29, 1.82) is 0 Å². The van der Waals surface area contributed by atoms with Gasteiger partial charge in [0.2, 0.25) is 5.95 Å². The lowest BCUT2D eigenvalue weighted by Crippen LogP contribution is -2.29. The molecule has 2 aliphatic rings. The van der Waals surface area contributed by atoms with Crippen molar-refractivity contribution in [2.45, 2.75) is 64.5 Å². The maximum Gasteiger partial charge on any atom is 0.308 e. The van der Waals surface area contributed by atoms with Gasteiger partial charge in [-0.15, -0.1) is 0 Å². The number of nitrogens with zero attached hydrogens (tertiary/aromatic N) is 3. The standard InChI is InChI=1S/C29H36N4O3/c1-20-7-6-8-23(17-20)27(34)31-29-30-25-14-9-21(19-32-15-4-3-5-16-32)18-26(25)33(29)24-12-10-22(11-13-24)28(35)36-2/h6-9,14,17-18,22,24H,3-5,10-13,15-16,19H2,1-2H3,(H,30,31,34). The van der Waals surface area contributed by atoms with Crippen molar-refractivity contribution in [1.82, 2.24) is 14.5 Å². The Hall–Kier alpha value is -3.19. The van der Waals surface area contributed by atoms with Gasteiger partial charge in [0, 0.05) is 18.2 Å². The SMILES string of the molecule is COC(=O)C1CCC(n2c(NC(=O)c3cccc(C)c3)nc3ccc(CN4CCCCC4)cc32)CC1. The van der Waals surface area contributed by atoms with E-state index in [1.54, 1.807) is 0 Å². The Labute approximate surface area is 212 Å². The van der Waals surface area contributed by atoms with Crippen LogP contribution in [0.5, 0.6) is 0 Å². The fourth-order valence-electron chi connectivity index (χ4n) is 5.77. The molecule has 1 aliphatic heterocycles. The molecule has 7 heteroatoms. The van der Waals surface area contributed by atoms with Crippen LogP contribution in [0.2, 0.25) is 0 Å². The zero-order valence-electron chi connectivity index (χ0n) is 21.3. The Kier molecular flexibility index (Phi) is 7.37. The van der Waals surface area contributed by atoms with Gasteiger partial charge in [0.1, 0.15) is 0 Å². The summed E-state index contributed by atoms with van der Waals surface area (Å²) in [5.74, 6) is 0.238. The lowest BCUT2D eigenvalue weighted by atomic mass is 9.86. The summed E-state index contributed by atoms with van der Waals surface area (Å²) in [6, 6.07) is 14.2. The molecule has 0 bridgehead atoms. The highest BCUT2D eigenvalue weighted by Crippen LogP contribution is 2.37. The first-order valence-electron chi connectivity index (χ1n) is 13.2. The second-order valence-electron chi connectivity index (χ2n) is 10.3. The Bertz CT molecular complexity index is 1240. The number of likely N-dealkylation sites (tertiary alicyclic amines) is 1. The maximum atomic E-state index is 13.2. The number of carbonyl (C=O) groups is 2. The van der Waals surface area contributed by atoms with Crippen LogP contribution < -0.4 is 5.32 Å². The molecule has 2 fully saturated rings. The first-order valence-corrected chi connectivity index (χ1v) is 13.2. The molecule has 0 radical (unpaired) electrons. The number of aryl methyl sites for hydroxylation is 1. The van der Waals surface area contributed by atoms with Gasteiger partial charge in [0.15, 0.2) is 0 Å². The number of hydrogen-bond donors (Lipinski definition) is 1. The van der Waals surface area contributed by atoms with E-state index in [1.165, 1.54) is 31.9 Å². The molecule has 1 aromatic heterocycles. The number of ether oxygens (including phenoxy) is 1. The number of anilines is 1. The van der Waals surface area contributed by atoms with Crippen molar-refractivity contribution < 1.29 is 14.3 Å². The molecular formula is C29H36N4O3.